The van der Waals surface area contributed by atoms with Crippen LogP contribution < -0.4 is 0 Å². The van der Waals surface area contributed by atoms with Gasteiger partial charge in [0.15, 0.2) is 0 Å². The van der Waals surface area contributed by atoms with E-state index < -0.39 is 5.97 Å². The predicted molar refractivity (Wildman–Crippen MR) is 73.1 cm³/mol. The average molecular weight is 277 g/mol. The molecular weight excluding hydrogens is 265 g/mol. The molecule has 5 heteroatoms. The number of aromatic carboxylic acids is 1. The molecule has 1 N–H and O–H groups in total. The lowest BCUT2D eigenvalue weighted by molar-refractivity contribution is 0.0692. The van der Waals surface area contributed by atoms with Crippen molar-refractivity contribution in [1.29, 1.82) is 0 Å². The summed E-state index contributed by atoms with van der Waals surface area (Å²) in [5, 5.41) is 9.57. The highest BCUT2D eigenvalue weighted by atomic mass is 32.2. The van der Waals surface area contributed by atoms with Crippen molar-refractivity contribution in [3.05, 3.63) is 47.3 Å². The molecule has 2 aromatic rings. The smallest absolute Gasteiger partial charge is 0.338 e. The largest absolute Gasteiger partial charge is 0.478 e. The molecule has 98 valence electrons. The van der Waals surface area contributed by atoms with E-state index in [-0.39, 0.29) is 11.4 Å². The zero-order valence-corrected chi connectivity index (χ0v) is 11.3. The van der Waals surface area contributed by atoms with Gasteiger partial charge in [-0.05, 0) is 49.1 Å². The topological polar surface area (TPSA) is 50.2 Å². The highest BCUT2D eigenvalue weighted by Gasteiger charge is 2.15. The molecule has 0 spiro atoms. The fourth-order valence-corrected chi connectivity index (χ4v) is 2.35. The number of benzene rings is 1. The van der Waals surface area contributed by atoms with E-state index in [1.807, 2.05) is 0 Å². The maximum atomic E-state index is 12.9. The number of carboxylic acids is 1. The van der Waals surface area contributed by atoms with Crippen molar-refractivity contribution < 1.29 is 14.3 Å². The van der Waals surface area contributed by atoms with Crippen LogP contribution in [-0.4, -0.2) is 22.3 Å². The van der Waals surface area contributed by atoms with E-state index in [0.717, 1.165) is 11.1 Å². The molecule has 1 aromatic heterocycles. The summed E-state index contributed by atoms with van der Waals surface area (Å²) in [6, 6.07) is 7.59. The number of thioether (sulfide) groups is 1. The standard InChI is InChI=1S/C14H12FNO2S/c1-8-7-11(14(17)18)13(19-2)16-12(8)9-3-5-10(15)6-4-9/h3-7H,1-2H3,(H,17,18). The minimum Gasteiger partial charge on any atom is -0.478 e. The van der Waals surface area contributed by atoms with Gasteiger partial charge in [-0.3, -0.25) is 0 Å². The van der Waals surface area contributed by atoms with Crippen molar-refractivity contribution in [3.63, 3.8) is 0 Å². The Morgan fingerprint density at radius 3 is 2.47 bits per heavy atom. The first kappa shape index (κ1) is 13.5. The summed E-state index contributed by atoms with van der Waals surface area (Å²) < 4.78 is 12.9. The lowest BCUT2D eigenvalue weighted by Gasteiger charge is -2.10. The van der Waals surface area contributed by atoms with Crippen molar-refractivity contribution in [3.8, 4) is 11.3 Å². The number of carboxylic acid groups (broad SMARTS) is 1. The molecule has 0 bridgehead atoms. The van der Waals surface area contributed by atoms with Crippen LogP contribution in [0.25, 0.3) is 11.3 Å². The van der Waals surface area contributed by atoms with Crippen molar-refractivity contribution in [2.45, 2.75) is 11.9 Å². The average Bonchev–Trinajstić information content (AvgIpc) is 2.39. The molecule has 0 saturated carbocycles. The number of aromatic nitrogens is 1. The quantitative estimate of drug-likeness (QED) is 0.871. The third-order valence-electron chi connectivity index (χ3n) is 2.72. The number of pyridine rings is 1. The Bertz CT molecular complexity index is 626. The Balaban J connectivity index is 2.58. The zero-order valence-electron chi connectivity index (χ0n) is 10.5. The number of halogens is 1. The first-order chi connectivity index (χ1) is 9.02. The van der Waals surface area contributed by atoms with Gasteiger partial charge in [0.25, 0.3) is 0 Å². The highest BCUT2D eigenvalue weighted by molar-refractivity contribution is 7.98. The van der Waals surface area contributed by atoms with Gasteiger partial charge in [-0.15, -0.1) is 11.8 Å². The Morgan fingerprint density at radius 2 is 1.95 bits per heavy atom. The van der Waals surface area contributed by atoms with Gasteiger partial charge in [0, 0.05) is 5.56 Å². The van der Waals surface area contributed by atoms with E-state index >= 15 is 0 Å². The molecule has 1 heterocycles. The van der Waals surface area contributed by atoms with Gasteiger partial charge in [-0.2, -0.15) is 0 Å². The molecule has 0 amide bonds. The minimum atomic E-state index is -0.995. The maximum absolute atomic E-state index is 12.9. The first-order valence-corrected chi connectivity index (χ1v) is 6.80. The second kappa shape index (κ2) is 5.40. The molecule has 0 saturated heterocycles. The van der Waals surface area contributed by atoms with Crippen molar-refractivity contribution in [2.75, 3.05) is 6.26 Å². The molecule has 1 aromatic carbocycles. The normalized spacial score (nSPS) is 10.5. The minimum absolute atomic E-state index is 0.191. The van der Waals surface area contributed by atoms with Crippen molar-refractivity contribution >= 4 is 17.7 Å². The lowest BCUT2D eigenvalue weighted by Crippen LogP contribution is -2.03. The van der Waals surface area contributed by atoms with E-state index in [4.69, 9.17) is 5.11 Å². The lowest BCUT2D eigenvalue weighted by atomic mass is 10.1. The van der Waals surface area contributed by atoms with Crippen LogP contribution >= 0.6 is 11.8 Å². The van der Waals surface area contributed by atoms with E-state index in [2.05, 4.69) is 4.98 Å². The second-order valence-electron chi connectivity index (χ2n) is 4.02. The van der Waals surface area contributed by atoms with Crippen LogP contribution in [0.5, 0.6) is 0 Å². The summed E-state index contributed by atoms with van der Waals surface area (Å²) >= 11 is 1.28. The fourth-order valence-electron chi connectivity index (χ4n) is 1.81. The number of aryl methyl sites for hydroxylation is 1. The van der Waals surface area contributed by atoms with Crippen molar-refractivity contribution in [2.24, 2.45) is 0 Å². The second-order valence-corrected chi connectivity index (χ2v) is 4.82. The van der Waals surface area contributed by atoms with Crippen LogP contribution in [0.4, 0.5) is 4.39 Å². The van der Waals surface area contributed by atoms with Crippen LogP contribution in [0.1, 0.15) is 15.9 Å². The van der Waals surface area contributed by atoms with Gasteiger partial charge in [-0.25, -0.2) is 14.2 Å². The predicted octanol–water partition coefficient (Wildman–Crippen LogP) is 3.62. The first-order valence-electron chi connectivity index (χ1n) is 5.58. The molecule has 3 nitrogen and oxygen atoms in total. The molecule has 2 rings (SSSR count). The van der Waals surface area contributed by atoms with E-state index in [9.17, 15) is 9.18 Å². The third-order valence-corrected chi connectivity index (χ3v) is 3.42. The SMILES string of the molecule is CSc1nc(-c2ccc(F)cc2)c(C)cc1C(=O)O. The van der Waals surface area contributed by atoms with Crippen LogP contribution in [0.2, 0.25) is 0 Å². The number of rotatable bonds is 3. The third kappa shape index (κ3) is 2.76. The van der Waals surface area contributed by atoms with E-state index in [0.29, 0.717) is 10.7 Å². The molecule has 19 heavy (non-hydrogen) atoms. The van der Waals surface area contributed by atoms with Gasteiger partial charge in [0.2, 0.25) is 0 Å². The number of nitrogens with zero attached hydrogens (tertiary/aromatic N) is 1. The van der Waals surface area contributed by atoms with Gasteiger partial charge in [-0.1, -0.05) is 0 Å². The Hall–Kier alpha value is -1.88. The summed E-state index contributed by atoms with van der Waals surface area (Å²) in [5.74, 6) is -1.31. The van der Waals surface area contributed by atoms with Crippen molar-refractivity contribution in [1.82, 2.24) is 4.98 Å². The zero-order chi connectivity index (χ0) is 14.0. The Labute approximate surface area is 114 Å². The number of hydrogen-bond acceptors (Lipinski definition) is 3. The monoisotopic (exact) mass is 277 g/mol. The van der Waals surface area contributed by atoms with Crippen LogP contribution in [0.15, 0.2) is 35.4 Å². The van der Waals surface area contributed by atoms with Gasteiger partial charge in [0.1, 0.15) is 10.8 Å². The van der Waals surface area contributed by atoms with E-state index in [1.54, 1.807) is 31.4 Å². The number of hydrogen-bond donors (Lipinski definition) is 1. The Morgan fingerprint density at radius 1 is 1.32 bits per heavy atom. The summed E-state index contributed by atoms with van der Waals surface area (Å²) in [7, 11) is 0. The van der Waals surface area contributed by atoms with Gasteiger partial charge >= 0.3 is 5.97 Å². The van der Waals surface area contributed by atoms with Crippen LogP contribution in [0, 0.1) is 12.7 Å². The molecule has 0 atom stereocenters. The summed E-state index contributed by atoms with van der Waals surface area (Å²) in [5.41, 5.74) is 2.39. The van der Waals surface area contributed by atoms with Gasteiger partial charge < -0.3 is 5.11 Å². The molecule has 0 aliphatic rings. The van der Waals surface area contributed by atoms with Crippen LogP contribution in [-0.2, 0) is 0 Å². The Kier molecular flexibility index (Phi) is 3.85. The molecular formula is C14H12FNO2S. The molecule has 0 radical (unpaired) electrons. The highest BCUT2D eigenvalue weighted by Crippen LogP contribution is 2.27. The summed E-state index contributed by atoms with van der Waals surface area (Å²) in [6.07, 6.45) is 1.78. The summed E-state index contributed by atoms with van der Waals surface area (Å²) in [6.45, 7) is 1.79. The number of carbonyl (C=O) groups is 1. The summed E-state index contributed by atoms with van der Waals surface area (Å²) in [4.78, 5) is 15.5. The van der Waals surface area contributed by atoms with E-state index in [1.165, 1.54) is 23.9 Å². The fraction of sp³-hybridized carbons (Fsp3) is 0.143. The molecule has 0 aliphatic heterocycles. The molecule has 0 aliphatic carbocycles. The molecule has 0 unspecified atom stereocenters. The maximum Gasteiger partial charge on any atom is 0.338 e. The molecule has 0 fully saturated rings. The van der Waals surface area contributed by atoms with Gasteiger partial charge in [0.05, 0.1) is 11.3 Å². The van der Waals surface area contributed by atoms with Crippen LogP contribution in [0.3, 0.4) is 0 Å².